The van der Waals surface area contributed by atoms with E-state index in [1.807, 2.05) is 23.5 Å². The molecule has 1 amide bonds. The van der Waals surface area contributed by atoms with Gasteiger partial charge >= 0.3 is 0 Å². The van der Waals surface area contributed by atoms with Gasteiger partial charge in [-0.15, -0.1) is 23.7 Å². The third kappa shape index (κ3) is 5.09. The number of thiophene rings is 1. The Hall–Kier alpha value is -1.73. The van der Waals surface area contributed by atoms with Gasteiger partial charge in [-0.1, -0.05) is 24.6 Å². The molecule has 1 atom stereocenters. The fourth-order valence-electron chi connectivity index (χ4n) is 5.36. The molecule has 174 valence electrons. The maximum absolute atomic E-state index is 13.4. The van der Waals surface area contributed by atoms with Gasteiger partial charge in [0, 0.05) is 30.0 Å². The quantitative estimate of drug-likeness (QED) is 0.669. The van der Waals surface area contributed by atoms with Gasteiger partial charge in [-0.05, 0) is 73.3 Å². The number of Topliss-reactive ketones (excluding diaryl/α,β-unsaturated/α-hetero) is 1. The number of rotatable bonds is 4. The predicted octanol–water partition coefficient (Wildman–Crippen LogP) is 4.02. The maximum atomic E-state index is 13.4. The Morgan fingerprint density at radius 3 is 2.62 bits per heavy atom. The largest absolute Gasteiger partial charge is 0.412 e. The molecule has 1 aromatic carbocycles. The monoisotopic (exact) mass is 476 g/mol. The number of likely N-dealkylation sites (tertiary alicyclic amines) is 1. The van der Waals surface area contributed by atoms with E-state index in [0.717, 1.165) is 62.1 Å². The minimum absolute atomic E-state index is 0. The van der Waals surface area contributed by atoms with Crippen molar-refractivity contribution in [1.29, 1.82) is 0 Å². The first-order chi connectivity index (χ1) is 14.7. The first-order valence-corrected chi connectivity index (χ1v) is 12.3. The van der Waals surface area contributed by atoms with Crippen molar-refractivity contribution in [2.45, 2.75) is 57.4 Å². The lowest BCUT2D eigenvalue weighted by atomic mass is 9.89. The van der Waals surface area contributed by atoms with Crippen molar-refractivity contribution in [2.75, 3.05) is 26.2 Å². The third-order valence-corrected chi connectivity index (χ3v) is 7.97. The van der Waals surface area contributed by atoms with E-state index in [4.69, 9.17) is 0 Å². The van der Waals surface area contributed by atoms with Crippen LogP contribution < -0.4 is 0 Å². The molecule has 1 aliphatic carbocycles. The molecule has 1 fully saturated rings. The van der Waals surface area contributed by atoms with Crippen LogP contribution >= 0.6 is 23.7 Å². The molecular formula is C25H33ClN2O3S. The van der Waals surface area contributed by atoms with Crippen molar-refractivity contribution in [2.24, 2.45) is 0 Å². The summed E-state index contributed by atoms with van der Waals surface area (Å²) >= 11 is 1.84. The average Bonchev–Trinajstić information content (AvgIpc) is 3.24. The van der Waals surface area contributed by atoms with Gasteiger partial charge in [-0.25, -0.2) is 0 Å². The number of fused-ring (bicyclic) bond motifs is 2. The predicted molar refractivity (Wildman–Crippen MR) is 131 cm³/mol. The lowest BCUT2D eigenvalue weighted by Crippen LogP contribution is -2.46. The SMILES string of the molecule is Cl.O.O=C1CCCc2cc(CC(=O)N3CCc4sccc4C3CN3CCCCC3)ccc21. The van der Waals surface area contributed by atoms with Gasteiger partial charge in [0.25, 0.3) is 0 Å². The van der Waals surface area contributed by atoms with Crippen molar-refractivity contribution >= 4 is 35.4 Å². The van der Waals surface area contributed by atoms with Gasteiger partial charge < -0.3 is 15.3 Å². The number of benzene rings is 1. The number of ketones is 1. The van der Waals surface area contributed by atoms with Gasteiger partial charge in [-0.3, -0.25) is 9.59 Å². The molecule has 3 aliphatic rings. The van der Waals surface area contributed by atoms with E-state index < -0.39 is 0 Å². The molecule has 7 heteroatoms. The van der Waals surface area contributed by atoms with Gasteiger partial charge in [0.1, 0.15) is 0 Å². The van der Waals surface area contributed by atoms with Crippen molar-refractivity contribution in [3.05, 3.63) is 56.8 Å². The van der Waals surface area contributed by atoms with Gasteiger partial charge in [0.05, 0.1) is 12.5 Å². The molecule has 5 nitrogen and oxygen atoms in total. The minimum atomic E-state index is 0. The first-order valence-electron chi connectivity index (χ1n) is 11.4. The normalized spacial score (nSPS) is 20.6. The topological polar surface area (TPSA) is 72.1 Å². The Labute approximate surface area is 200 Å². The number of carbonyl (C=O) groups is 2. The summed E-state index contributed by atoms with van der Waals surface area (Å²) in [5.41, 5.74) is 4.39. The van der Waals surface area contributed by atoms with Crippen molar-refractivity contribution in [3.63, 3.8) is 0 Å². The molecule has 0 radical (unpaired) electrons. The minimum Gasteiger partial charge on any atom is -0.412 e. The summed E-state index contributed by atoms with van der Waals surface area (Å²) in [6.07, 6.45) is 7.78. The number of hydrogen-bond donors (Lipinski definition) is 0. The molecule has 2 aliphatic heterocycles. The zero-order valence-corrected chi connectivity index (χ0v) is 20.1. The van der Waals surface area contributed by atoms with Crippen LogP contribution in [0.2, 0.25) is 0 Å². The summed E-state index contributed by atoms with van der Waals surface area (Å²) < 4.78 is 0. The lowest BCUT2D eigenvalue weighted by molar-refractivity contribution is -0.133. The van der Waals surface area contributed by atoms with E-state index in [1.54, 1.807) is 0 Å². The molecule has 2 aromatic rings. The number of halogens is 1. The van der Waals surface area contributed by atoms with E-state index in [0.29, 0.717) is 12.8 Å². The van der Waals surface area contributed by atoms with Crippen LogP contribution in [-0.4, -0.2) is 53.1 Å². The lowest BCUT2D eigenvalue weighted by Gasteiger charge is -2.40. The Bertz CT molecular complexity index is 954. The van der Waals surface area contributed by atoms with Crippen LogP contribution in [-0.2, 0) is 24.1 Å². The summed E-state index contributed by atoms with van der Waals surface area (Å²) in [5.74, 6) is 0.465. The number of aryl methyl sites for hydroxylation is 1. The number of piperidine rings is 1. The van der Waals surface area contributed by atoms with Crippen LogP contribution in [0.15, 0.2) is 29.6 Å². The molecule has 0 saturated carbocycles. The highest BCUT2D eigenvalue weighted by molar-refractivity contribution is 7.10. The Balaban J connectivity index is 0.00000144. The van der Waals surface area contributed by atoms with Crippen LogP contribution in [0.1, 0.15) is 70.1 Å². The van der Waals surface area contributed by atoms with Gasteiger partial charge in [0.15, 0.2) is 5.78 Å². The summed E-state index contributed by atoms with van der Waals surface area (Å²) in [7, 11) is 0. The summed E-state index contributed by atoms with van der Waals surface area (Å²) in [6, 6.07) is 8.43. The standard InChI is InChI=1S/C25H30N2O2S.ClH.H2O/c28-23-6-4-5-19-15-18(7-8-20(19)23)16-25(29)27-13-9-24-21(10-14-30-24)22(27)17-26-11-2-1-3-12-26;;/h7-8,10,14-15,22H,1-6,9,11-13,16-17H2;1H;1H2. The molecule has 32 heavy (non-hydrogen) atoms. The van der Waals surface area contributed by atoms with Crippen LogP contribution in [0.25, 0.3) is 0 Å². The molecule has 1 unspecified atom stereocenters. The Morgan fingerprint density at radius 1 is 1.00 bits per heavy atom. The Kier molecular flexibility index (Phi) is 8.50. The molecule has 1 aromatic heterocycles. The number of amides is 1. The molecular weight excluding hydrogens is 444 g/mol. The second-order valence-electron chi connectivity index (χ2n) is 8.96. The average molecular weight is 477 g/mol. The summed E-state index contributed by atoms with van der Waals surface area (Å²) in [6.45, 7) is 4.07. The zero-order valence-electron chi connectivity index (χ0n) is 18.5. The molecule has 0 spiro atoms. The van der Waals surface area contributed by atoms with E-state index in [-0.39, 0.29) is 35.6 Å². The molecule has 5 rings (SSSR count). The van der Waals surface area contributed by atoms with Crippen LogP contribution in [0, 0.1) is 0 Å². The zero-order chi connectivity index (χ0) is 20.5. The molecule has 0 bridgehead atoms. The van der Waals surface area contributed by atoms with Crippen molar-refractivity contribution in [1.82, 2.24) is 9.80 Å². The fourth-order valence-corrected chi connectivity index (χ4v) is 6.29. The second kappa shape index (κ2) is 10.9. The number of nitrogens with zero attached hydrogens (tertiary/aromatic N) is 2. The van der Waals surface area contributed by atoms with Crippen molar-refractivity contribution in [3.8, 4) is 0 Å². The highest BCUT2D eigenvalue weighted by Gasteiger charge is 2.33. The van der Waals surface area contributed by atoms with Gasteiger partial charge in [0.2, 0.25) is 5.91 Å². The van der Waals surface area contributed by atoms with Gasteiger partial charge in [-0.2, -0.15) is 0 Å². The molecule has 3 heterocycles. The van der Waals surface area contributed by atoms with E-state index in [1.165, 1.54) is 29.7 Å². The Morgan fingerprint density at radius 2 is 1.81 bits per heavy atom. The highest BCUT2D eigenvalue weighted by Crippen LogP contribution is 2.35. The first kappa shape index (κ1) is 24.9. The molecule has 1 saturated heterocycles. The van der Waals surface area contributed by atoms with E-state index >= 15 is 0 Å². The number of carbonyl (C=O) groups excluding carboxylic acids is 2. The number of hydrogen-bond acceptors (Lipinski definition) is 4. The van der Waals surface area contributed by atoms with Crippen LogP contribution in [0.3, 0.4) is 0 Å². The second-order valence-corrected chi connectivity index (χ2v) is 9.96. The van der Waals surface area contributed by atoms with Crippen LogP contribution in [0.5, 0.6) is 0 Å². The fraction of sp³-hybridized carbons (Fsp3) is 0.520. The smallest absolute Gasteiger partial charge is 0.227 e. The van der Waals surface area contributed by atoms with E-state index in [9.17, 15) is 9.59 Å². The highest BCUT2D eigenvalue weighted by atomic mass is 35.5. The van der Waals surface area contributed by atoms with Crippen molar-refractivity contribution < 1.29 is 15.1 Å². The molecule has 2 N–H and O–H groups in total. The van der Waals surface area contributed by atoms with E-state index in [2.05, 4.69) is 27.3 Å². The summed E-state index contributed by atoms with van der Waals surface area (Å²) in [4.78, 5) is 31.7. The summed E-state index contributed by atoms with van der Waals surface area (Å²) in [5, 5.41) is 2.18. The van der Waals surface area contributed by atoms with Crippen LogP contribution in [0.4, 0.5) is 0 Å². The maximum Gasteiger partial charge on any atom is 0.227 e. The third-order valence-electron chi connectivity index (χ3n) is 6.97.